The zero-order valence-corrected chi connectivity index (χ0v) is 18.1. The number of carbonyl (C=O) groups is 1. The lowest BCUT2D eigenvalue weighted by Gasteiger charge is -2.34. The van der Waals surface area contributed by atoms with Crippen LogP contribution >= 0.6 is 11.6 Å². The minimum absolute atomic E-state index is 0.0543. The molecule has 0 amide bonds. The molecule has 0 radical (unpaired) electrons. The van der Waals surface area contributed by atoms with Gasteiger partial charge in [0, 0.05) is 23.7 Å². The van der Waals surface area contributed by atoms with Crippen LogP contribution in [0.5, 0.6) is 0 Å². The van der Waals surface area contributed by atoms with Crippen LogP contribution in [-0.2, 0) is 19.5 Å². The summed E-state index contributed by atoms with van der Waals surface area (Å²) in [4.78, 5) is 12.7. The van der Waals surface area contributed by atoms with Crippen LogP contribution in [0.3, 0.4) is 0 Å². The monoisotopic (exact) mass is 437 g/mol. The summed E-state index contributed by atoms with van der Waals surface area (Å²) < 4.78 is 38.6. The topological polar surface area (TPSA) is 72.9 Å². The summed E-state index contributed by atoms with van der Waals surface area (Å²) in [6.07, 6.45) is -0.964. The number of carbonyl (C=O) groups excluding carboxylic acids is 1. The highest BCUT2D eigenvalue weighted by Gasteiger charge is 2.32. The van der Waals surface area contributed by atoms with E-state index in [1.165, 1.54) is 28.6 Å². The quantitative estimate of drug-likeness (QED) is 0.659. The van der Waals surface area contributed by atoms with Crippen molar-refractivity contribution < 1.29 is 22.7 Å². The average molecular weight is 438 g/mol. The third-order valence-electron chi connectivity index (χ3n) is 4.72. The molecule has 0 aliphatic carbocycles. The molecule has 2 aromatic rings. The van der Waals surface area contributed by atoms with Crippen molar-refractivity contribution in [1.29, 1.82) is 0 Å². The molecule has 3 rings (SSSR count). The van der Waals surface area contributed by atoms with Gasteiger partial charge in [-0.3, -0.25) is 0 Å². The number of halogens is 1. The van der Waals surface area contributed by atoms with Gasteiger partial charge in [-0.05, 0) is 45.0 Å². The van der Waals surface area contributed by atoms with Crippen LogP contribution in [0.1, 0.15) is 42.8 Å². The molecule has 8 heteroatoms. The Hall–Kier alpha value is -1.93. The first-order valence-electron chi connectivity index (χ1n) is 9.39. The van der Waals surface area contributed by atoms with Crippen LogP contribution < -0.4 is 0 Å². The summed E-state index contributed by atoms with van der Waals surface area (Å²) in [5, 5.41) is 0.500. The lowest BCUT2D eigenvalue weighted by atomic mass is 10.1. The van der Waals surface area contributed by atoms with Crippen molar-refractivity contribution in [2.24, 2.45) is 0 Å². The maximum atomic E-state index is 13.0. The molecule has 1 heterocycles. The normalized spacial score (nSPS) is 21.5. The second-order valence-corrected chi connectivity index (χ2v) is 9.52. The fourth-order valence-corrected chi connectivity index (χ4v) is 5.28. The summed E-state index contributed by atoms with van der Waals surface area (Å²) in [6.45, 7) is 5.93. The number of esters is 1. The molecule has 156 valence electrons. The highest BCUT2D eigenvalue weighted by atomic mass is 35.5. The molecule has 0 aromatic heterocycles. The molecular weight excluding hydrogens is 414 g/mol. The van der Waals surface area contributed by atoms with Gasteiger partial charge in [-0.1, -0.05) is 35.9 Å². The number of nitrogens with zero attached hydrogens (tertiary/aromatic N) is 1. The number of morpholine rings is 1. The van der Waals surface area contributed by atoms with Gasteiger partial charge in [0.15, 0.2) is 0 Å². The smallest absolute Gasteiger partial charge is 0.338 e. The lowest BCUT2D eigenvalue weighted by molar-refractivity contribution is -0.0440. The Bertz CT molecular complexity index is 984. The summed E-state index contributed by atoms with van der Waals surface area (Å²) >= 11 is 6.16. The number of sulfonamides is 1. The van der Waals surface area contributed by atoms with E-state index in [1.54, 1.807) is 25.1 Å². The molecule has 1 aliphatic heterocycles. The van der Waals surface area contributed by atoms with Gasteiger partial charge in [0.25, 0.3) is 0 Å². The molecule has 0 N–H and O–H groups in total. The van der Waals surface area contributed by atoms with E-state index < -0.39 is 22.1 Å². The summed E-state index contributed by atoms with van der Waals surface area (Å²) in [6, 6.07) is 13.0. The largest absolute Gasteiger partial charge is 0.454 e. The zero-order chi connectivity index (χ0) is 21.2. The minimum atomic E-state index is -3.75. The predicted molar refractivity (Wildman–Crippen MR) is 110 cm³/mol. The standard InChI is InChI=1S/C21H24ClNO5S/c1-14-12-23(13-15(2)27-14)29(25,26)18-8-6-7-17(11-18)21(24)28-16(3)19-9-4-5-10-20(19)22/h4-11,14-16H,12-13H2,1-3H3. The van der Waals surface area contributed by atoms with Crippen LogP contribution in [0.15, 0.2) is 53.4 Å². The van der Waals surface area contributed by atoms with Gasteiger partial charge >= 0.3 is 5.97 Å². The van der Waals surface area contributed by atoms with Gasteiger partial charge in [-0.2, -0.15) is 4.31 Å². The third-order valence-corrected chi connectivity index (χ3v) is 6.89. The van der Waals surface area contributed by atoms with Gasteiger partial charge < -0.3 is 9.47 Å². The third kappa shape index (κ3) is 4.98. The van der Waals surface area contributed by atoms with Crippen molar-refractivity contribution in [2.75, 3.05) is 13.1 Å². The number of benzene rings is 2. The first kappa shape index (κ1) is 21.8. The van der Waals surface area contributed by atoms with Gasteiger partial charge in [-0.15, -0.1) is 0 Å². The van der Waals surface area contributed by atoms with Crippen molar-refractivity contribution in [1.82, 2.24) is 4.31 Å². The fourth-order valence-electron chi connectivity index (χ4n) is 3.36. The van der Waals surface area contributed by atoms with Gasteiger partial charge in [-0.25, -0.2) is 13.2 Å². The Morgan fingerprint density at radius 1 is 1.14 bits per heavy atom. The Morgan fingerprint density at radius 2 is 1.79 bits per heavy atom. The van der Waals surface area contributed by atoms with Crippen molar-refractivity contribution in [3.63, 3.8) is 0 Å². The Kier molecular flexibility index (Phi) is 6.63. The predicted octanol–water partition coefficient (Wildman–Crippen LogP) is 4.06. The van der Waals surface area contributed by atoms with E-state index in [4.69, 9.17) is 21.1 Å². The number of rotatable bonds is 5. The Balaban J connectivity index is 1.80. The second-order valence-electron chi connectivity index (χ2n) is 7.18. The molecule has 0 spiro atoms. The summed E-state index contributed by atoms with van der Waals surface area (Å²) in [7, 11) is -3.75. The SMILES string of the molecule is CC1CN(S(=O)(=O)c2cccc(C(=O)OC(C)c3ccccc3Cl)c2)CC(C)O1. The molecule has 6 nitrogen and oxygen atoms in total. The van der Waals surface area contributed by atoms with Crippen LogP contribution in [0.25, 0.3) is 0 Å². The highest BCUT2D eigenvalue weighted by molar-refractivity contribution is 7.89. The van der Waals surface area contributed by atoms with E-state index in [-0.39, 0.29) is 35.8 Å². The number of ether oxygens (including phenoxy) is 2. The molecular formula is C21H24ClNO5S. The molecule has 1 fully saturated rings. The van der Waals surface area contributed by atoms with E-state index in [2.05, 4.69) is 0 Å². The van der Waals surface area contributed by atoms with Gasteiger partial charge in [0.1, 0.15) is 6.10 Å². The zero-order valence-electron chi connectivity index (χ0n) is 16.5. The number of hydrogen-bond donors (Lipinski definition) is 0. The van der Waals surface area contributed by atoms with Crippen molar-refractivity contribution >= 4 is 27.6 Å². The van der Waals surface area contributed by atoms with Crippen LogP contribution in [0.4, 0.5) is 0 Å². The van der Waals surface area contributed by atoms with E-state index >= 15 is 0 Å². The molecule has 1 aliphatic rings. The van der Waals surface area contributed by atoms with Crippen LogP contribution in [0.2, 0.25) is 5.02 Å². The first-order valence-corrected chi connectivity index (χ1v) is 11.2. The fraction of sp³-hybridized carbons (Fsp3) is 0.381. The Labute approximate surface area is 176 Å². The summed E-state index contributed by atoms with van der Waals surface area (Å²) in [5.41, 5.74) is 0.849. The first-order chi connectivity index (χ1) is 13.7. The molecule has 1 saturated heterocycles. The van der Waals surface area contributed by atoms with E-state index in [9.17, 15) is 13.2 Å². The minimum Gasteiger partial charge on any atom is -0.454 e. The maximum Gasteiger partial charge on any atom is 0.338 e. The lowest BCUT2D eigenvalue weighted by Crippen LogP contribution is -2.48. The summed E-state index contributed by atoms with van der Waals surface area (Å²) in [5.74, 6) is -0.613. The van der Waals surface area contributed by atoms with E-state index in [0.717, 1.165) is 0 Å². The second kappa shape index (κ2) is 8.83. The van der Waals surface area contributed by atoms with E-state index in [0.29, 0.717) is 10.6 Å². The highest BCUT2D eigenvalue weighted by Crippen LogP contribution is 2.27. The van der Waals surface area contributed by atoms with E-state index in [1.807, 2.05) is 19.9 Å². The molecule has 29 heavy (non-hydrogen) atoms. The molecule has 3 unspecified atom stereocenters. The van der Waals surface area contributed by atoms with Crippen molar-refractivity contribution in [3.8, 4) is 0 Å². The van der Waals surface area contributed by atoms with Crippen LogP contribution in [-0.4, -0.2) is 44.0 Å². The number of hydrogen-bond acceptors (Lipinski definition) is 5. The molecule has 3 atom stereocenters. The molecule has 2 aromatic carbocycles. The van der Waals surface area contributed by atoms with Gasteiger partial charge in [0.05, 0.1) is 22.7 Å². The maximum absolute atomic E-state index is 13.0. The van der Waals surface area contributed by atoms with Crippen LogP contribution in [0, 0.1) is 0 Å². The molecule has 0 saturated carbocycles. The Morgan fingerprint density at radius 3 is 2.45 bits per heavy atom. The van der Waals surface area contributed by atoms with Crippen molar-refractivity contribution in [2.45, 2.75) is 44.0 Å². The van der Waals surface area contributed by atoms with Gasteiger partial charge in [0.2, 0.25) is 10.0 Å². The average Bonchev–Trinajstić information content (AvgIpc) is 2.67. The molecule has 0 bridgehead atoms. The van der Waals surface area contributed by atoms with Crippen molar-refractivity contribution in [3.05, 3.63) is 64.7 Å².